The molecule has 19 heavy (non-hydrogen) atoms. The molecule has 0 saturated carbocycles. The molecule has 1 aliphatic heterocycles. The van der Waals surface area contributed by atoms with Gasteiger partial charge in [0.2, 0.25) is 0 Å². The molecule has 5 nitrogen and oxygen atoms in total. The Labute approximate surface area is 116 Å². The Morgan fingerprint density at radius 1 is 1.21 bits per heavy atom. The number of hydrogen-bond acceptors (Lipinski definition) is 6. The van der Waals surface area contributed by atoms with Gasteiger partial charge in [-0.25, -0.2) is 4.98 Å². The Morgan fingerprint density at radius 2 is 1.95 bits per heavy atom. The quantitative estimate of drug-likeness (QED) is 0.900. The Bertz CT molecular complexity index is 534. The number of anilines is 4. The van der Waals surface area contributed by atoms with Crippen molar-refractivity contribution in [2.45, 2.75) is 0 Å². The molecule has 2 heterocycles. The lowest BCUT2D eigenvalue weighted by atomic mass is 10.2. The van der Waals surface area contributed by atoms with Crippen LogP contribution in [0.25, 0.3) is 0 Å². The summed E-state index contributed by atoms with van der Waals surface area (Å²) >= 11 is 1.44. The second-order valence-electron chi connectivity index (χ2n) is 4.34. The number of nitrogens with zero attached hydrogens (tertiary/aromatic N) is 2. The zero-order valence-corrected chi connectivity index (χ0v) is 11.3. The van der Waals surface area contributed by atoms with Crippen molar-refractivity contribution in [3.8, 4) is 0 Å². The van der Waals surface area contributed by atoms with Crippen LogP contribution >= 0.6 is 11.3 Å². The van der Waals surface area contributed by atoms with E-state index in [0.29, 0.717) is 5.00 Å². The molecule has 3 N–H and O–H groups in total. The van der Waals surface area contributed by atoms with Crippen LogP contribution in [0.4, 0.5) is 21.5 Å². The lowest BCUT2D eigenvalue weighted by Gasteiger charge is -2.28. The first-order valence-electron chi connectivity index (χ1n) is 6.22. The highest BCUT2D eigenvalue weighted by atomic mass is 32.1. The summed E-state index contributed by atoms with van der Waals surface area (Å²) in [5.74, 6) is 0. The Balaban J connectivity index is 1.68. The normalized spacial score (nSPS) is 15.5. The smallest absolute Gasteiger partial charge is 0.189 e. The summed E-state index contributed by atoms with van der Waals surface area (Å²) in [6.07, 6.45) is 1.66. The minimum Gasteiger partial charge on any atom is -0.389 e. The van der Waals surface area contributed by atoms with Crippen LogP contribution in [0.15, 0.2) is 30.5 Å². The van der Waals surface area contributed by atoms with Crippen molar-refractivity contribution >= 4 is 32.8 Å². The molecule has 1 aliphatic rings. The van der Waals surface area contributed by atoms with Gasteiger partial charge in [0, 0.05) is 24.5 Å². The summed E-state index contributed by atoms with van der Waals surface area (Å²) in [7, 11) is 0. The van der Waals surface area contributed by atoms with Crippen molar-refractivity contribution < 1.29 is 4.74 Å². The minimum atomic E-state index is 0.715. The maximum atomic E-state index is 5.65. The molecular formula is C13H16N4OS. The first-order chi connectivity index (χ1) is 9.31. The summed E-state index contributed by atoms with van der Waals surface area (Å²) in [5.41, 5.74) is 7.90. The standard InChI is InChI=1S/C13H16N4OS/c14-12-9-15-13(19-12)16-10-1-3-11(4-2-10)17-5-7-18-8-6-17/h1-4,9H,5-8,14H2,(H,15,16). The number of aromatic nitrogens is 1. The second-order valence-corrected chi connectivity index (χ2v) is 5.40. The molecule has 2 aromatic rings. The molecule has 1 fully saturated rings. The molecule has 0 radical (unpaired) electrons. The van der Waals surface area contributed by atoms with Gasteiger partial charge in [-0.15, -0.1) is 0 Å². The van der Waals surface area contributed by atoms with E-state index in [-0.39, 0.29) is 0 Å². The van der Waals surface area contributed by atoms with Crippen LogP contribution in [0.5, 0.6) is 0 Å². The largest absolute Gasteiger partial charge is 0.389 e. The summed E-state index contributed by atoms with van der Waals surface area (Å²) in [4.78, 5) is 6.51. The molecule has 1 aromatic heterocycles. The van der Waals surface area contributed by atoms with E-state index in [2.05, 4.69) is 39.5 Å². The van der Waals surface area contributed by atoms with E-state index in [1.807, 2.05) is 0 Å². The Hall–Kier alpha value is -1.79. The van der Waals surface area contributed by atoms with Crippen molar-refractivity contribution in [2.75, 3.05) is 42.3 Å². The number of nitrogens with one attached hydrogen (secondary N) is 1. The predicted molar refractivity (Wildman–Crippen MR) is 79.3 cm³/mol. The third-order valence-corrected chi connectivity index (χ3v) is 3.76. The van der Waals surface area contributed by atoms with Crippen molar-refractivity contribution in [1.29, 1.82) is 0 Å². The number of morpholine rings is 1. The van der Waals surface area contributed by atoms with Gasteiger partial charge in [0.1, 0.15) is 5.00 Å². The van der Waals surface area contributed by atoms with Gasteiger partial charge in [-0.05, 0) is 24.3 Å². The fourth-order valence-corrected chi connectivity index (χ4v) is 2.65. The third kappa shape index (κ3) is 2.97. The van der Waals surface area contributed by atoms with E-state index in [1.165, 1.54) is 17.0 Å². The number of benzene rings is 1. The van der Waals surface area contributed by atoms with Crippen molar-refractivity contribution in [3.63, 3.8) is 0 Å². The highest BCUT2D eigenvalue weighted by Gasteiger charge is 2.10. The number of nitrogen functional groups attached to an aromatic ring is 1. The van der Waals surface area contributed by atoms with Gasteiger partial charge in [-0.3, -0.25) is 0 Å². The van der Waals surface area contributed by atoms with Crippen LogP contribution < -0.4 is 16.0 Å². The van der Waals surface area contributed by atoms with Gasteiger partial charge in [0.25, 0.3) is 0 Å². The van der Waals surface area contributed by atoms with Gasteiger partial charge >= 0.3 is 0 Å². The summed E-state index contributed by atoms with van der Waals surface area (Å²) in [6.45, 7) is 3.52. The van der Waals surface area contributed by atoms with Gasteiger partial charge in [-0.2, -0.15) is 0 Å². The second kappa shape index (κ2) is 5.46. The minimum absolute atomic E-state index is 0.715. The molecule has 0 spiro atoms. The number of nitrogens with two attached hydrogens (primary N) is 1. The molecule has 0 atom stereocenters. The Kier molecular flexibility index (Phi) is 3.52. The summed E-state index contributed by atoms with van der Waals surface area (Å²) in [5, 5.41) is 4.77. The van der Waals surface area contributed by atoms with E-state index in [9.17, 15) is 0 Å². The molecule has 0 amide bonds. The topological polar surface area (TPSA) is 63.4 Å². The molecular weight excluding hydrogens is 260 g/mol. The lowest BCUT2D eigenvalue weighted by molar-refractivity contribution is 0.122. The summed E-state index contributed by atoms with van der Waals surface area (Å²) < 4.78 is 5.35. The fourth-order valence-electron chi connectivity index (χ4n) is 2.04. The van der Waals surface area contributed by atoms with Crippen LogP contribution in [0.1, 0.15) is 0 Å². The summed E-state index contributed by atoms with van der Waals surface area (Å²) in [6, 6.07) is 8.35. The number of ether oxygens (including phenoxy) is 1. The van der Waals surface area contributed by atoms with Crippen molar-refractivity contribution in [3.05, 3.63) is 30.5 Å². The average Bonchev–Trinajstić information content (AvgIpc) is 2.86. The molecule has 0 bridgehead atoms. The monoisotopic (exact) mass is 276 g/mol. The van der Waals surface area contributed by atoms with E-state index < -0.39 is 0 Å². The lowest BCUT2D eigenvalue weighted by Crippen LogP contribution is -2.36. The van der Waals surface area contributed by atoms with Crippen LogP contribution in [0, 0.1) is 0 Å². The zero-order chi connectivity index (χ0) is 13.1. The van der Waals surface area contributed by atoms with Crippen LogP contribution in [-0.4, -0.2) is 31.3 Å². The zero-order valence-electron chi connectivity index (χ0n) is 10.5. The predicted octanol–water partition coefficient (Wildman–Crippen LogP) is 2.31. The van der Waals surface area contributed by atoms with Crippen LogP contribution in [-0.2, 0) is 4.74 Å². The maximum absolute atomic E-state index is 5.65. The molecule has 0 aliphatic carbocycles. The molecule has 1 saturated heterocycles. The highest BCUT2D eigenvalue weighted by molar-refractivity contribution is 7.19. The van der Waals surface area contributed by atoms with E-state index in [4.69, 9.17) is 10.5 Å². The number of rotatable bonds is 3. The highest BCUT2D eigenvalue weighted by Crippen LogP contribution is 2.25. The van der Waals surface area contributed by atoms with E-state index in [0.717, 1.165) is 37.1 Å². The van der Waals surface area contributed by atoms with Crippen molar-refractivity contribution in [1.82, 2.24) is 4.98 Å². The van der Waals surface area contributed by atoms with Crippen LogP contribution in [0.2, 0.25) is 0 Å². The molecule has 6 heteroatoms. The first kappa shape index (κ1) is 12.3. The fraction of sp³-hybridized carbons (Fsp3) is 0.308. The van der Waals surface area contributed by atoms with Crippen molar-refractivity contribution in [2.24, 2.45) is 0 Å². The number of thiazole rings is 1. The third-order valence-electron chi connectivity index (χ3n) is 3.02. The van der Waals surface area contributed by atoms with E-state index >= 15 is 0 Å². The molecule has 3 rings (SSSR count). The Morgan fingerprint density at radius 3 is 2.58 bits per heavy atom. The molecule has 0 unspecified atom stereocenters. The van der Waals surface area contributed by atoms with Gasteiger partial charge in [0.15, 0.2) is 5.13 Å². The number of hydrogen-bond donors (Lipinski definition) is 2. The van der Waals surface area contributed by atoms with E-state index in [1.54, 1.807) is 6.20 Å². The first-order valence-corrected chi connectivity index (χ1v) is 7.04. The molecule has 100 valence electrons. The maximum Gasteiger partial charge on any atom is 0.189 e. The van der Waals surface area contributed by atoms with Crippen LogP contribution in [0.3, 0.4) is 0 Å². The average molecular weight is 276 g/mol. The SMILES string of the molecule is Nc1cnc(Nc2ccc(N3CCOCC3)cc2)s1. The molecule has 1 aromatic carbocycles. The van der Waals surface area contributed by atoms with Gasteiger partial charge < -0.3 is 20.7 Å². The van der Waals surface area contributed by atoms with Gasteiger partial charge in [-0.1, -0.05) is 11.3 Å². The van der Waals surface area contributed by atoms with Gasteiger partial charge in [0.05, 0.1) is 19.4 Å².